The van der Waals surface area contributed by atoms with Gasteiger partial charge in [0.2, 0.25) is 0 Å². The molecule has 0 radical (unpaired) electrons. The van der Waals surface area contributed by atoms with Crippen molar-refractivity contribution in [1.82, 2.24) is 0 Å². The van der Waals surface area contributed by atoms with Crippen molar-refractivity contribution in [3.63, 3.8) is 0 Å². The monoisotopic (exact) mass is 228 g/mol. The Bertz CT molecular complexity index is 217. The third-order valence-corrected chi connectivity index (χ3v) is 9.15. The van der Waals surface area contributed by atoms with Crippen molar-refractivity contribution in [3.05, 3.63) is 0 Å². The summed E-state index contributed by atoms with van der Waals surface area (Å²) in [5, 5.41) is 0.346. The maximum Gasteiger partial charge on any atom is 0.192 e. The molecule has 1 aliphatic rings. The standard InChI is InChI=1S/C13H28OSi/c1-10-8-9-12(11(10)2)14-15(6,7)13(3,4)5/h10-12H,8-9H2,1-7H3. The van der Waals surface area contributed by atoms with Crippen LogP contribution in [0.4, 0.5) is 0 Å². The third kappa shape index (κ3) is 2.85. The Labute approximate surface area is 96.7 Å². The average Bonchev–Trinajstić information content (AvgIpc) is 2.33. The Hall–Kier alpha value is 0.177. The Morgan fingerprint density at radius 2 is 1.60 bits per heavy atom. The van der Waals surface area contributed by atoms with Crippen LogP contribution in [0.3, 0.4) is 0 Å². The van der Waals surface area contributed by atoms with Gasteiger partial charge in [-0.15, -0.1) is 0 Å². The van der Waals surface area contributed by atoms with Crippen molar-refractivity contribution in [3.8, 4) is 0 Å². The highest BCUT2D eigenvalue weighted by Crippen LogP contribution is 2.42. The van der Waals surface area contributed by atoms with Crippen LogP contribution in [0, 0.1) is 11.8 Å². The molecule has 0 aromatic rings. The zero-order valence-electron chi connectivity index (χ0n) is 11.6. The van der Waals surface area contributed by atoms with Gasteiger partial charge in [-0.25, -0.2) is 0 Å². The number of hydrogen-bond acceptors (Lipinski definition) is 1. The van der Waals surface area contributed by atoms with E-state index in [1.165, 1.54) is 12.8 Å². The molecule has 3 unspecified atom stereocenters. The molecule has 3 atom stereocenters. The minimum atomic E-state index is -1.54. The Morgan fingerprint density at radius 1 is 1.07 bits per heavy atom. The molecule has 1 nitrogen and oxygen atoms in total. The third-order valence-electron chi connectivity index (χ3n) is 4.64. The first-order valence-corrected chi connectivity index (χ1v) is 9.24. The predicted molar refractivity (Wildman–Crippen MR) is 69.6 cm³/mol. The van der Waals surface area contributed by atoms with Crippen molar-refractivity contribution in [2.24, 2.45) is 11.8 Å². The largest absolute Gasteiger partial charge is 0.414 e. The summed E-state index contributed by atoms with van der Waals surface area (Å²) in [5.74, 6) is 1.60. The predicted octanol–water partition coefficient (Wildman–Crippen LogP) is 4.44. The van der Waals surface area contributed by atoms with Gasteiger partial charge in [0.1, 0.15) is 0 Å². The second kappa shape index (κ2) is 4.21. The van der Waals surface area contributed by atoms with Crippen LogP contribution >= 0.6 is 0 Å². The second-order valence-electron chi connectivity index (χ2n) is 6.83. The van der Waals surface area contributed by atoms with Crippen LogP contribution in [-0.2, 0) is 4.43 Å². The molecule has 0 spiro atoms. The number of hydrogen-bond donors (Lipinski definition) is 0. The van der Waals surface area contributed by atoms with Crippen LogP contribution in [0.15, 0.2) is 0 Å². The van der Waals surface area contributed by atoms with Crippen LogP contribution in [0.2, 0.25) is 18.1 Å². The van der Waals surface area contributed by atoms with Crippen LogP contribution in [0.1, 0.15) is 47.5 Å². The van der Waals surface area contributed by atoms with Gasteiger partial charge < -0.3 is 4.43 Å². The molecule has 15 heavy (non-hydrogen) atoms. The van der Waals surface area contributed by atoms with Crippen molar-refractivity contribution in [1.29, 1.82) is 0 Å². The van der Waals surface area contributed by atoms with Gasteiger partial charge >= 0.3 is 0 Å². The van der Waals surface area contributed by atoms with E-state index >= 15 is 0 Å². The minimum absolute atomic E-state index is 0.346. The molecular weight excluding hydrogens is 200 g/mol. The first-order chi connectivity index (χ1) is 6.65. The molecule has 0 aromatic carbocycles. The first-order valence-electron chi connectivity index (χ1n) is 6.33. The summed E-state index contributed by atoms with van der Waals surface area (Å²) in [6.45, 7) is 16.4. The van der Waals surface area contributed by atoms with E-state index in [-0.39, 0.29) is 0 Å². The SMILES string of the molecule is CC1CCC(O[Si](C)(C)C(C)(C)C)C1C. The van der Waals surface area contributed by atoms with E-state index < -0.39 is 8.32 Å². The normalized spacial score (nSPS) is 33.4. The van der Waals surface area contributed by atoms with Gasteiger partial charge in [-0.1, -0.05) is 34.6 Å². The van der Waals surface area contributed by atoms with Crippen molar-refractivity contribution >= 4 is 8.32 Å². The molecule has 90 valence electrons. The fourth-order valence-corrected chi connectivity index (χ4v) is 3.48. The highest BCUT2D eigenvalue weighted by molar-refractivity contribution is 6.74. The van der Waals surface area contributed by atoms with E-state index in [1.54, 1.807) is 0 Å². The molecule has 1 aliphatic carbocycles. The average molecular weight is 228 g/mol. The molecule has 1 rings (SSSR count). The molecule has 0 aromatic heterocycles. The van der Waals surface area contributed by atoms with Crippen LogP contribution in [0.5, 0.6) is 0 Å². The molecular formula is C13H28OSi. The van der Waals surface area contributed by atoms with E-state index in [0.717, 1.165) is 11.8 Å². The van der Waals surface area contributed by atoms with Gasteiger partial charge in [0.05, 0.1) is 0 Å². The Morgan fingerprint density at radius 3 is 1.93 bits per heavy atom. The van der Waals surface area contributed by atoms with Crippen LogP contribution < -0.4 is 0 Å². The van der Waals surface area contributed by atoms with E-state index in [4.69, 9.17) is 4.43 Å². The summed E-state index contributed by atoms with van der Waals surface area (Å²) in [4.78, 5) is 0. The van der Waals surface area contributed by atoms with Gasteiger partial charge in [0.25, 0.3) is 0 Å². The van der Waals surface area contributed by atoms with Crippen molar-refractivity contribution < 1.29 is 4.43 Å². The molecule has 1 fully saturated rings. The van der Waals surface area contributed by atoms with E-state index in [0.29, 0.717) is 11.1 Å². The molecule has 0 saturated heterocycles. The van der Waals surface area contributed by atoms with E-state index in [2.05, 4.69) is 47.7 Å². The molecule has 0 bridgehead atoms. The molecule has 1 saturated carbocycles. The first kappa shape index (κ1) is 13.2. The summed E-state index contributed by atoms with van der Waals surface area (Å²) in [7, 11) is -1.54. The van der Waals surface area contributed by atoms with Gasteiger partial charge in [-0.05, 0) is 42.8 Å². The molecule has 0 N–H and O–H groups in total. The van der Waals surface area contributed by atoms with Crippen LogP contribution in [0.25, 0.3) is 0 Å². The summed E-state index contributed by atoms with van der Waals surface area (Å²) in [5.41, 5.74) is 0. The van der Waals surface area contributed by atoms with E-state index in [9.17, 15) is 0 Å². The lowest BCUT2D eigenvalue weighted by atomic mass is 10.00. The van der Waals surface area contributed by atoms with Gasteiger partial charge in [-0.2, -0.15) is 0 Å². The Balaban J connectivity index is 2.62. The van der Waals surface area contributed by atoms with Gasteiger partial charge in [-0.3, -0.25) is 0 Å². The molecule has 0 aliphatic heterocycles. The summed E-state index contributed by atoms with van der Waals surface area (Å²) in [6.07, 6.45) is 3.15. The van der Waals surface area contributed by atoms with Gasteiger partial charge in [0, 0.05) is 6.10 Å². The lowest BCUT2D eigenvalue weighted by molar-refractivity contribution is 0.138. The van der Waals surface area contributed by atoms with Gasteiger partial charge in [0.15, 0.2) is 8.32 Å². The lowest BCUT2D eigenvalue weighted by Gasteiger charge is -2.39. The fourth-order valence-electron chi connectivity index (χ4n) is 2.04. The smallest absolute Gasteiger partial charge is 0.192 e. The van der Waals surface area contributed by atoms with E-state index in [1.807, 2.05) is 0 Å². The molecule has 2 heteroatoms. The van der Waals surface area contributed by atoms with Crippen LogP contribution in [-0.4, -0.2) is 14.4 Å². The zero-order valence-corrected chi connectivity index (χ0v) is 12.6. The van der Waals surface area contributed by atoms with Crippen molar-refractivity contribution in [2.75, 3.05) is 0 Å². The second-order valence-corrected chi connectivity index (χ2v) is 11.6. The fraction of sp³-hybridized carbons (Fsp3) is 1.00. The number of rotatable bonds is 2. The lowest BCUT2D eigenvalue weighted by Crippen LogP contribution is -2.44. The zero-order chi connectivity index (χ0) is 11.9. The highest BCUT2D eigenvalue weighted by Gasteiger charge is 2.42. The van der Waals surface area contributed by atoms with Crippen molar-refractivity contribution in [2.45, 2.75) is 71.7 Å². The Kier molecular flexibility index (Phi) is 3.72. The highest BCUT2D eigenvalue weighted by atomic mass is 28.4. The molecule has 0 heterocycles. The quantitative estimate of drug-likeness (QED) is 0.635. The summed E-state index contributed by atoms with van der Waals surface area (Å²) >= 11 is 0. The summed E-state index contributed by atoms with van der Waals surface area (Å²) in [6, 6.07) is 0. The maximum atomic E-state index is 6.48. The topological polar surface area (TPSA) is 9.23 Å². The molecule has 0 amide bonds. The minimum Gasteiger partial charge on any atom is -0.414 e. The summed E-state index contributed by atoms with van der Waals surface area (Å²) < 4.78 is 6.48. The maximum absolute atomic E-state index is 6.48.